The summed E-state index contributed by atoms with van der Waals surface area (Å²) in [6, 6.07) is 8.37. The van der Waals surface area contributed by atoms with E-state index in [0.29, 0.717) is 18.4 Å². The average Bonchev–Trinajstić information content (AvgIpc) is 3.10. The van der Waals surface area contributed by atoms with E-state index in [9.17, 15) is 0 Å². The number of aromatic nitrogens is 2. The first kappa shape index (κ1) is 21.9. The van der Waals surface area contributed by atoms with Gasteiger partial charge in [0.05, 0.1) is 18.3 Å². The Labute approximate surface area is 190 Å². The summed E-state index contributed by atoms with van der Waals surface area (Å²) in [4.78, 5) is 0. The van der Waals surface area contributed by atoms with Crippen LogP contribution in [0.5, 0.6) is 0 Å². The molecule has 2 N–H and O–H groups in total. The van der Waals surface area contributed by atoms with Crippen LogP contribution in [0.15, 0.2) is 55.1 Å². The van der Waals surface area contributed by atoms with E-state index in [0.717, 1.165) is 42.1 Å². The number of benzene rings is 1. The van der Waals surface area contributed by atoms with Gasteiger partial charge in [-0.15, -0.1) is 0 Å². The third kappa shape index (κ3) is 5.31. The number of methoxy groups -OCH3 is 1. The van der Waals surface area contributed by atoms with Crippen LogP contribution in [0.25, 0.3) is 5.70 Å². The number of hydrogen-bond acceptors (Lipinski definition) is 3. The standard InChI is InChI=1S/C26H32ClN3O/c1-18(28-24(17-31-2)20-10-4-3-5-11-20)25-23-14-7-6-12-21(26(23)30-29-25)15-19-9-8-13-22(27)16-19/h3-5,8-10,13,16,20-21,24,28H,1,6-7,11-12,14-15,17H2,2H3,(H,29,30)/t20?,21-,24+/m1/s1. The Balaban J connectivity index is 1.53. The number of ether oxygens (including phenoxy) is 1. The molecule has 0 saturated heterocycles. The highest BCUT2D eigenvalue weighted by Gasteiger charge is 2.27. The molecule has 0 fully saturated rings. The van der Waals surface area contributed by atoms with Crippen LogP contribution in [0.4, 0.5) is 0 Å². The Kier molecular flexibility index (Phi) is 7.31. The van der Waals surface area contributed by atoms with E-state index in [4.69, 9.17) is 21.4 Å². The predicted molar refractivity (Wildman–Crippen MR) is 128 cm³/mol. The summed E-state index contributed by atoms with van der Waals surface area (Å²) in [7, 11) is 1.75. The van der Waals surface area contributed by atoms with Crippen LogP contribution in [-0.2, 0) is 17.6 Å². The molecule has 1 heterocycles. The fourth-order valence-electron chi connectivity index (χ4n) is 4.85. The molecule has 1 aromatic carbocycles. The summed E-state index contributed by atoms with van der Waals surface area (Å²) in [6.07, 6.45) is 15.2. The number of rotatable bonds is 8. The minimum Gasteiger partial charge on any atom is -0.383 e. The lowest BCUT2D eigenvalue weighted by atomic mass is 9.90. The zero-order chi connectivity index (χ0) is 21.6. The van der Waals surface area contributed by atoms with Crippen LogP contribution in [0.1, 0.15) is 54.1 Å². The first-order chi connectivity index (χ1) is 15.2. The van der Waals surface area contributed by atoms with Crippen molar-refractivity contribution < 1.29 is 4.74 Å². The van der Waals surface area contributed by atoms with Gasteiger partial charge in [-0.05, 0) is 49.8 Å². The van der Waals surface area contributed by atoms with Crippen LogP contribution >= 0.6 is 11.6 Å². The van der Waals surface area contributed by atoms with Crippen LogP contribution in [0.3, 0.4) is 0 Å². The number of halogens is 1. The molecule has 31 heavy (non-hydrogen) atoms. The first-order valence-corrected chi connectivity index (χ1v) is 11.6. The molecule has 0 amide bonds. The molecule has 0 aliphatic heterocycles. The third-order valence-electron chi connectivity index (χ3n) is 6.43. The van der Waals surface area contributed by atoms with E-state index in [2.05, 4.69) is 53.4 Å². The third-order valence-corrected chi connectivity index (χ3v) is 6.67. The molecule has 1 aromatic heterocycles. The Morgan fingerprint density at radius 1 is 1.35 bits per heavy atom. The number of hydrogen-bond donors (Lipinski definition) is 2. The van der Waals surface area contributed by atoms with E-state index >= 15 is 0 Å². The maximum atomic E-state index is 6.22. The molecule has 2 aromatic rings. The summed E-state index contributed by atoms with van der Waals surface area (Å²) in [6.45, 7) is 5.00. The molecule has 0 saturated carbocycles. The van der Waals surface area contributed by atoms with Gasteiger partial charge in [0.25, 0.3) is 0 Å². The van der Waals surface area contributed by atoms with Crippen molar-refractivity contribution in [1.29, 1.82) is 0 Å². The lowest BCUT2D eigenvalue weighted by molar-refractivity contribution is 0.157. The number of fused-ring (bicyclic) bond motifs is 1. The van der Waals surface area contributed by atoms with Crippen molar-refractivity contribution in [2.24, 2.45) is 5.92 Å². The molecule has 0 radical (unpaired) electrons. The minimum absolute atomic E-state index is 0.166. The monoisotopic (exact) mass is 437 g/mol. The van der Waals surface area contributed by atoms with Crippen LogP contribution in [0, 0.1) is 5.92 Å². The quantitative estimate of drug-likeness (QED) is 0.511. The molecule has 164 valence electrons. The summed E-state index contributed by atoms with van der Waals surface area (Å²) >= 11 is 6.22. The molecule has 3 atom stereocenters. The lowest BCUT2D eigenvalue weighted by Gasteiger charge is -2.27. The van der Waals surface area contributed by atoms with Gasteiger partial charge < -0.3 is 10.1 Å². The zero-order valence-electron chi connectivity index (χ0n) is 18.2. The molecule has 1 unspecified atom stereocenters. The Bertz CT molecular complexity index is 961. The van der Waals surface area contributed by atoms with Gasteiger partial charge in [0, 0.05) is 35.2 Å². The normalized spacial score (nSPS) is 21.4. The van der Waals surface area contributed by atoms with E-state index in [-0.39, 0.29) is 6.04 Å². The Morgan fingerprint density at radius 2 is 2.26 bits per heavy atom. The van der Waals surface area contributed by atoms with Gasteiger partial charge >= 0.3 is 0 Å². The fraction of sp³-hybridized carbons (Fsp3) is 0.423. The van der Waals surface area contributed by atoms with Crippen molar-refractivity contribution in [3.05, 3.63) is 82.7 Å². The highest BCUT2D eigenvalue weighted by Crippen LogP contribution is 2.35. The zero-order valence-corrected chi connectivity index (χ0v) is 19.0. The van der Waals surface area contributed by atoms with Gasteiger partial charge in [0.1, 0.15) is 5.69 Å². The van der Waals surface area contributed by atoms with Gasteiger partial charge in [0.2, 0.25) is 0 Å². The largest absolute Gasteiger partial charge is 0.383 e. The maximum absolute atomic E-state index is 6.22. The fourth-order valence-corrected chi connectivity index (χ4v) is 5.06. The number of H-pyrrole nitrogens is 1. The smallest absolute Gasteiger partial charge is 0.111 e. The Morgan fingerprint density at radius 3 is 3.03 bits per heavy atom. The van der Waals surface area contributed by atoms with Crippen LogP contribution in [-0.4, -0.2) is 30.0 Å². The molecule has 5 heteroatoms. The van der Waals surface area contributed by atoms with Crippen LogP contribution < -0.4 is 5.32 Å². The molecule has 0 bridgehead atoms. The van der Waals surface area contributed by atoms with E-state index in [1.807, 2.05) is 12.1 Å². The van der Waals surface area contributed by atoms with E-state index in [1.165, 1.54) is 29.7 Å². The molecule has 2 aliphatic carbocycles. The molecule has 0 spiro atoms. The summed E-state index contributed by atoms with van der Waals surface area (Å²) < 4.78 is 5.50. The highest BCUT2D eigenvalue weighted by atomic mass is 35.5. The van der Waals surface area contributed by atoms with Crippen molar-refractivity contribution in [2.75, 3.05) is 13.7 Å². The minimum atomic E-state index is 0.166. The molecule has 4 nitrogen and oxygen atoms in total. The number of allylic oxidation sites excluding steroid dienone is 3. The van der Waals surface area contributed by atoms with Gasteiger partial charge in [0.15, 0.2) is 0 Å². The van der Waals surface area contributed by atoms with Gasteiger partial charge in [-0.3, -0.25) is 5.10 Å². The predicted octanol–water partition coefficient (Wildman–Crippen LogP) is 5.82. The van der Waals surface area contributed by atoms with Crippen LogP contribution in [0.2, 0.25) is 5.02 Å². The van der Waals surface area contributed by atoms with Gasteiger partial charge in [-0.1, -0.05) is 61.0 Å². The van der Waals surface area contributed by atoms with Crippen molar-refractivity contribution in [3.63, 3.8) is 0 Å². The molecule has 4 rings (SSSR count). The summed E-state index contributed by atoms with van der Waals surface area (Å²) in [5.74, 6) is 0.807. The topological polar surface area (TPSA) is 49.9 Å². The Hall–Kier alpha value is -2.30. The first-order valence-electron chi connectivity index (χ1n) is 11.3. The SMILES string of the molecule is C=C(N[C@@H](COC)C1C=CC=CC1)c1n[nH]c2c1CCCC[C@@H]2Cc1cccc(Cl)c1. The highest BCUT2D eigenvalue weighted by molar-refractivity contribution is 6.30. The number of aromatic amines is 1. The maximum Gasteiger partial charge on any atom is 0.111 e. The van der Waals surface area contributed by atoms with E-state index < -0.39 is 0 Å². The molecule has 2 aliphatic rings. The summed E-state index contributed by atoms with van der Waals surface area (Å²) in [5.41, 5.74) is 5.71. The molecular formula is C26H32ClN3O. The second-order valence-corrected chi connectivity index (χ2v) is 9.07. The molecular weight excluding hydrogens is 406 g/mol. The van der Waals surface area contributed by atoms with E-state index in [1.54, 1.807) is 7.11 Å². The van der Waals surface area contributed by atoms with Crippen molar-refractivity contribution in [2.45, 2.75) is 50.5 Å². The van der Waals surface area contributed by atoms with Crippen molar-refractivity contribution >= 4 is 17.3 Å². The van der Waals surface area contributed by atoms with Gasteiger partial charge in [-0.2, -0.15) is 5.10 Å². The number of nitrogens with zero attached hydrogens (tertiary/aromatic N) is 1. The lowest BCUT2D eigenvalue weighted by Crippen LogP contribution is -2.38. The van der Waals surface area contributed by atoms with Gasteiger partial charge in [-0.25, -0.2) is 0 Å². The second-order valence-electron chi connectivity index (χ2n) is 8.64. The van der Waals surface area contributed by atoms with Crippen molar-refractivity contribution in [1.82, 2.24) is 15.5 Å². The number of nitrogens with one attached hydrogen (secondary N) is 2. The summed E-state index contributed by atoms with van der Waals surface area (Å²) in [5, 5.41) is 12.5. The average molecular weight is 438 g/mol. The van der Waals surface area contributed by atoms with Crippen molar-refractivity contribution in [3.8, 4) is 0 Å². The second kappa shape index (κ2) is 10.3.